The molecule has 3 rings (SSSR count). The quantitative estimate of drug-likeness (QED) is 0.778. The average Bonchev–Trinajstić information content (AvgIpc) is 3.15. The maximum absolute atomic E-state index is 12.2. The maximum atomic E-state index is 12.2. The Kier molecular flexibility index (Phi) is 4.28. The van der Waals surface area contributed by atoms with Crippen LogP contribution in [0.1, 0.15) is 12.0 Å². The van der Waals surface area contributed by atoms with Crippen molar-refractivity contribution in [3.63, 3.8) is 0 Å². The summed E-state index contributed by atoms with van der Waals surface area (Å²) >= 11 is 0. The monoisotopic (exact) mass is 327 g/mol. The number of urea groups is 1. The Labute approximate surface area is 138 Å². The van der Waals surface area contributed by atoms with Crippen molar-refractivity contribution in [2.24, 2.45) is 0 Å². The zero-order chi connectivity index (χ0) is 17.1. The van der Waals surface area contributed by atoms with Gasteiger partial charge in [0.2, 0.25) is 5.91 Å². The lowest BCUT2D eigenvalue weighted by Crippen LogP contribution is -2.36. The second-order valence-electron chi connectivity index (χ2n) is 5.60. The van der Waals surface area contributed by atoms with Crippen molar-refractivity contribution >= 4 is 17.8 Å². The summed E-state index contributed by atoms with van der Waals surface area (Å²) in [6, 6.07) is 8.28. The minimum absolute atomic E-state index is 0.0686. The van der Waals surface area contributed by atoms with E-state index in [0.29, 0.717) is 6.54 Å². The number of nitrogens with one attached hydrogen (secondary N) is 2. The van der Waals surface area contributed by atoms with Gasteiger partial charge in [0.25, 0.3) is 5.91 Å². The lowest BCUT2D eigenvalue weighted by Gasteiger charge is -2.17. The van der Waals surface area contributed by atoms with E-state index in [2.05, 4.69) is 15.7 Å². The van der Waals surface area contributed by atoms with Gasteiger partial charge in [0.15, 0.2) is 0 Å². The van der Waals surface area contributed by atoms with Crippen LogP contribution in [0.15, 0.2) is 42.7 Å². The summed E-state index contributed by atoms with van der Waals surface area (Å²) in [6.45, 7) is 0.369. The van der Waals surface area contributed by atoms with Crippen molar-refractivity contribution in [3.05, 3.63) is 48.3 Å². The highest BCUT2D eigenvalue weighted by molar-refractivity contribution is 6.05. The molecule has 1 aliphatic heterocycles. The molecule has 0 aliphatic carbocycles. The van der Waals surface area contributed by atoms with Gasteiger partial charge in [-0.1, -0.05) is 18.2 Å². The first kappa shape index (κ1) is 15.7. The van der Waals surface area contributed by atoms with E-state index in [9.17, 15) is 14.4 Å². The van der Waals surface area contributed by atoms with Crippen LogP contribution in [-0.2, 0) is 16.1 Å². The molecule has 2 aromatic rings. The van der Waals surface area contributed by atoms with E-state index in [1.165, 1.54) is 4.90 Å². The van der Waals surface area contributed by atoms with E-state index in [1.54, 1.807) is 17.9 Å². The minimum atomic E-state index is -0.806. The molecule has 0 saturated carbocycles. The number of rotatable bonds is 5. The van der Waals surface area contributed by atoms with Crippen LogP contribution >= 0.6 is 0 Å². The van der Waals surface area contributed by atoms with Crippen LogP contribution in [-0.4, -0.2) is 45.6 Å². The van der Waals surface area contributed by atoms with Crippen molar-refractivity contribution in [1.29, 1.82) is 0 Å². The van der Waals surface area contributed by atoms with E-state index in [1.807, 2.05) is 36.5 Å². The molecule has 8 heteroatoms. The Hall–Kier alpha value is -3.16. The van der Waals surface area contributed by atoms with E-state index >= 15 is 0 Å². The third-order valence-corrected chi connectivity index (χ3v) is 3.74. The zero-order valence-electron chi connectivity index (χ0n) is 13.1. The standard InChI is InChI=1S/C16H17N5O3/c1-20(14(22)7-13-15(23)19-16(24)18-13)9-11-8-17-21(10-11)12-5-3-2-4-6-12/h2-6,8,10,13H,7,9H2,1H3,(H2,18,19,23,24). The third-order valence-electron chi connectivity index (χ3n) is 3.74. The summed E-state index contributed by atoms with van der Waals surface area (Å²) in [5, 5.41) is 8.81. The van der Waals surface area contributed by atoms with Gasteiger partial charge in [-0.3, -0.25) is 14.9 Å². The van der Waals surface area contributed by atoms with Crippen molar-refractivity contribution in [2.45, 2.75) is 19.0 Å². The van der Waals surface area contributed by atoms with Gasteiger partial charge in [-0.15, -0.1) is 0 Å². The molecular weight excluding hydrogens is 310 g/mol. The van der Waals surface area contributed by atoms with Crippen molar-refractivity contribution in [2.75, 3.05) is 7.05 Å². The molecule has 24 heavy (non-hydrogen) atoms. The summed E-state index contributed by atoms with van der Waals surface area (Å²) in [5.74, 6) is -0.705. The van der Waals surface area contributed by atoms with Gasteiger partial charge in [0.05, 0.1) is 18.3 Å². The maximum Gasteiger partial charge on any atom is 0.322 e. The van der Waals surface area contributed by atoms with Crippen LogP contribution in [0.25, 0.3) is 5.69 Å². The summed E-state index contributed by atoms with van der Waals surface area (Å²) in [7, 11) is 1.65. The molecule has 1 saturated heterocycles. The number of carbonyl (C=O) groups excluding carboxylic acids is 3. The average molecular weight is 327 g/mol. The van der Waals surface area contributed by atoms with E-state index in [0.717, 1.165) is 11.3 Å². The predicted octanol–water partition coefficient (Wildman–Crippen LogP) is 0.429. The molecule has 0 radical (unpaired) electrons. The highest BCUT2D eigenvalue weighted by Gasteiger charge is 2.32. The van der Waals surface area contributed by atoms with Crippen LogP contribution in [0.2, 0.25) is 0 Å². The smallest absolute Gasteiger partial charge is 0.322 e. The molecule has 1 aliphatic rings. The Morgan fingerprint density at radius 3 is 2.71 bits per heavy atom. The molecule has 124 valence electrons. The zero-order valence-corrected chi connectivity index (χ0v) is 13.1. The summed E-state index contributed by atoms with van der Waals surface area (Å²) in [5.41, 5.74) is 1.80. The van der Waals surface area contributed by atoms with Gasteiger partial charge in [-0.05, 0) is 12.1 Å². The van der Waals surface area contributed by atoms with Gasteiger partial charge in [-0.2, -0.15) is 5.10 Å². The molecule has 2 heterocycles. The molecule has 1 aromatic carbocycles. The number of benzene rings is 1. The van der Waals surface area contributed by atoms with Crippen LogP contribution in [0.5, 0.6) is 0 Å². The summed E-state index contributed by atoms with van der Waals surface area (Å²) in [6.07, 6.45) is 3.48. The predicted molar refractivity (Wildman–Crippen MR) is 85.1 cm³/mol. The van der Waals surface area contributed by atoms with Gasteiger partial charge < -0.3 is 10.2 Å². The Morgan fingerprint density at radius 1 is 1.29 bits per heavy atom. The van der Waals surface area contributed by atoms with Gasteiger partial charge in [0, 0.05) is 25.4 Å². The lowest BCUT2D eigenvalue weighted by molar-refractivity contribution is -0.133. The molecule has 0 bridgehead atoms. The number of aromatic nitrogens is 2. The first-order valence-corrected chi connectivity index (χ1v) is 7.47. The SMILES string of the molecule is CN(Cc1cnn(-c2ccccc2)c1)C(=O)CC1NC(=O)NC1=O. The van der Waals surface area contributed by atoms with E-state index in [-0.39, 0.29) is 12.3 Å². The largest absolute Gasteiger partial charge is 0.341 e. The number of hydrogen-bond acceptors (Lipinski definition) is 4. The highest BCUT2D eigenvalue weighted by Crippen LogP contribution is 2.10. The first-order chi connectivity index (χ1) is 11.5. The highest BCUT2D eigenvalue weighted by atomic mass is 16.2. The molecule has 1 fully saturated rings. The summed E-state index contributed by atoms with van der Waals surface area (Å²) < 4.78 is 1.73. The second-order valence-corrected chi connectivity index (χ2v) is 5.60. The Balaban J connectivity index is 1.59. The molecule has 1 atom stereocenters. The van der Waals surface area contributed by atoms with Crippen LogP contribution in [0, 0.1) is 0 Å². The summed E-state index contributed by atoms with van der Waals surface area (Å²) in [4.78, 5) is 36.3. The normalized spacial score (nSPS) is 16.6. The van der Waals surface area contributed by atoms with Gasteiger partial charge >= 0.3 is 6.03 Å². The second kappa shape index (κ2) is 6.53. The van der Waals surface area contributed by atoms with Crippen LogP contribution in [0.4, 0.5) is 4.79 Å². The van der Waals surface area contributed by atoms with Crippen molar-refractivity contribution in [1.82, 2.24) is 25.3 Å². The number of hydrogen-bond donors (Lipinski definition) is 2. The topological polar surface area (TPSA) is 96.3 Å². The molecule has 2 N–H and O–H groups in total. The number of imide groups is 1. The Morgan fingerprint density at radius 2 is 2.04 bits per heavy atom. The number of carbonyl (C=O) groups is 3. The lowest BCUT2D eigenvalue weighted by atomic mass is 10.2. The third kappa shape index (κ3) is 3.43. The molecule has 0 spiro atoms. The van der Waals surface area contributed by atoms with Gasteiger partial charge in [-0.25, -0.2) is 9.48 Å². The fourth-order valence-electron chi connectivity index (χ4n) is 2.46. The fraction of sp³-hybridized carbons (Fsp3) is 0.250. The number of amides is 4. The van der Waals surface area contributed by atoms with Crippen molar-refractivity contribution < 1.29 is 14.4 Å². The van der Waals surface area contributed by atoms with Crippen LogP contribution < -0.4 is 10.6 Å². The molecule has 8 nitrogen and oxygen atoms in total. The van der Waals surface area contributed by atoms with E-state index in [4.69, 9.17) is 0 Å². The van der Waals surface area contributed by atoms with Crippen LogP contribution in [0.3, 0.4) is 0 Å². The fourth-order valence-corrected chi connectivity index (χ4v) is 2.46. The molecule has 1 unspecified atom stereocenters. The molecule has 4 amide bonds. The minimum Gasteiger partial charge on any atom is -0.341 e. The van der Waals surface area contributed by atoms with Gasteiger partial charge in [0.1, 0.15) is 6.04 Å². The Bertz CT molecular complexity index is 771. The number of nitrogens with zero attached hydrogens (tertiary/aromatic N) is 3. The first-order valence-electron chi connectivity index (χ1n) is 7.47. The van der Waals surface area contributed by atoms with Crippen molar-refractivity contribution in [3.8, 4) is 5.69 Å². The van der Waals surface area contributed by atoms with E-state index < -0.39 is 18.0 Å². The molecular formula is C16H17N5O3. The number of para-hydroxylation sites is 1. The molecule has 1 aromatic heterocycles.